The van der Waals surface area contributed by atoms with Crippen LogP contribution in [0.5, 0.6) is 17.2 Å². The Balaban J connectivity index is 1.51. The molecule has 0 radical (unpaired) electrons. The fraction of sp³-hybridized carbons (Fsp3) is 0.400. The number of fused-ring (bicyclic) bond motifs is 1. The summed E-state index contributed by atoms with van der Waals surface area (Å²) in [7, 11) is 0. The second kappa shape index (κ2) is 9.77. The number of nitrogens with one attached hydrogen (secondary N) is 2. The number of hydrogen-bond acceptors (Lipinski definition) is 6. The van der Waals surface area contributed by atoms with E-state index in [9.17, 15) is 18.7 Å². The minimum Gasteiger partial charge on any atom is -0.508 e. The maximum absolute atomic E-state index is 13.1. The summed E-state index contributed by atoms with van der Waals surface area (Å²) in [5, 5.41) is 25.5. The van der Waals surface area contributed by atoms with Gasteiger partial charge in [0.1, 0.15) is 23.9 Å². The highest BCUT2D eigenvalue weighted by molar-refractivity contribution is 5.96. The number of carbonyl (C=O) groups excluding carboxylic acids is 1. The van der Waals surface area contributed by atoms with Crippen molar-refractivity contribution in [1.82, 2.24) is 0 Å². The Kier molecular flexibility index (Phi) is 6.80. The number of aliphatic hydroxyl groups is 1. The van der Waals surface area contributed by atoms with Crippen LogP contribution < -0.4 is 20.1 Å². The van der Waals surface area contributed by atoms with E-state index >= 15 is 0 Å². The molecule has 2 aromatic rings. The first-order chi connectivity index (χ1) is 16.2. The Bertz CT molecular complexity index is 1130. The predicted octanol–water partition coefficient (Wildman–Crippen LogP) is 4.20. The number of anilines is 2. The van der Waals surface area contributed by atoms with Gasteiger partial charge in [0.25, 0.3) is 5.91 Å². The van der Waals surface area contributed by atoms with E-state index in [0.717, 1.165) is 31.2 Å². The second-order valence-corrected chi connectivity index (χ2v) is 8.44. The number of halogens is 2. The summed E-state index contributed by atoms with van der Waals surface area (Å²) in [6.45, 7) is 0.401. The van der Waals surface area contributed by atoms with Gasteiger partial charge in [-0.15, -0.1) is 0 Å². The van der Waals surface area contributed by atoms with E-state index in [-0.39, 0.29) is 30.6 Å². The Hall–Kier alpha value is -3.51. The Labute approximate surface area is 196 Å². The summed E-state index contributed by atoms with van der Waals surface area (Å²) >= 11 is 0. The van der Waals surface area contributed by atoms with Crippen LogP contribution >= 0.6 is 0 Å². The molecule has 0 spiro atoms. The molecule has 1 amide bonds. The fourth-order valence-electron chi connectivity index (χ4n) is 4.29. The van der Waals surface area contributed by atoms with Crippen LogP contribution in [-0.2, 0) is 4.79 Å². The van der Waals surface area contributed by atoms with Crippen molar-refractivity contribution >= 4 is 17.3 Å². The van der Waals surface area contributed by atoms with Crippen molar-refractivity contribution in [3.8, 4) is 29.1 Å². The third kappa shape index (κ3) is 5.51. The van der Waals surface area contributed by atoms with Gasteiger partial charge in [0.05, 0.1) is 17.9 Å². The predicted molar refractivity (Wildman–Crippen MR) is 123 cm³/mol. The lowest BCUT2D eigenvalue weighted by molar-refractivity contribution is -0.158. The average Bonchev–Trinajstić information content (AvgIpc) is 3.31. The number of aromatic hydroxyl groups is 1. The standard InChI is InChI=1S/C25H26F2N2O5/c1-25(26,27)34-17-8-9-22-20(12-17)28-14-23(33-22)24(32)29-19-13-21(31)18(15-5-2-3-6-15)11-16(19)7-4-10-30/h8-9,11-13,15,23,28,30-31H,2-3,5-6,10,14H2,1H3,(H,29,32). The van der Waals surface area contributed by atoms with Gasteiger partial charge in [-0.25, -0.2) is 0 Å². The second-order valence-electron chi connectivity index (χ2n) is 8.44. The molecule has 1 aliphatic carbocycles. The summed E-state index contributed by atoms with van der Waals surface area (Å²) in [6, 6.07) is 7.41. The highest BCUT2D eigenvalue weighted by atomic mass is 19.3. The average molecular weight is 472 g/mol. The van der Waals surface area contributed by atoms with Gasteiger partial charge in [-0.1, -0.05) is 24.7 Å². The number of ether oxygens (including phenoxy) is 2. The van der Waals surface area contributed by atoms with Crippen LogP contribution in [0.3, 0.4) is 0 Å². The number of carbonyl (C=O) groups is 1. The van der Waals surface area contributed by atoms with E-state index in [1.807, 2.05) is 0 Å². The molecule has 0 bridgehead atoms. The number of alkyl halides is 2. The first-order valence-electron chi connectivity index (χ1n) is 11.1. The minimum atomic E-state index is -3.32. The van der Waals surface area contributed by atoms with Gasteiger partial charge in [-0.2, -0.15) is 8.78 Å². The summed E-state index contributed by atoms with van der Waals surface area (Å²) in [6.07, 6.45) is -0.0697. The fourth-order valence-corrected chi connectivity index (χ4v) is 4.29. The lowest BCUT2D eigenvalue weighted by atomic mass is 9.94. The molecule has 0 saturated heterocycles. The number of amides is 1. The third-order valence-electron chi connectivity index (χ3n) is 5.81. The number of phenolic OH excluding ortho intramolecular Hbond substituents is 1. The molecule has 7 nitrogen and oxygen atoms in total. The summed E-state index contributed by atoms with van der Waals surface area (Å²) in [5.74, 6) is 5.58. The Morgan fingerprint density at radius 1 is 1.29 bits per heavy atom. The Morgan fingerprint density at radius 3 is 2.76 bits per heavy atom. The Morgan fingerprint density at radius 2 is 2.06 bits per heavy atom. The quantitative estimate of drug-likeness (QED) is 0.487. The van der Waals surface area contributed by atoms with Crippen molar-refractivity contribution in [2.45, 2.75) is 50.7 Å². The molecule has 34 heavy (non-hydrogen) atoms. The van der Waals surface area contributed by atoms with Gasteiger partial charge < -0.3 is 30.3 Å². The van der Waals surface area contributed by atoms with Crippen LogP contribution in [0.25, 0.3) is 0 Å². The number of phenols is 1. The van der Waals surface area contributed by atoms with Crippen LogP contribution in [0.15, 0.2) is 30.3 Å². The minimum absolute atomic E-state index is 0.0322. The molecule has 1 atom stereocenters. The van der Waals surface area contributed by atoms with Crippen molar-refractivity contribution in [3.63, 3.8) is 0 Å². The monoisotopic (exact) mass is 472 g/mol. The number of benzene rings is 2. The van der Waals surface area contributed by atoms with Crippen LogP contribution in [0.4, 0.5) is 20.2 Å². The maximum Gasteiger partial charge on any atom is 0.394 e. The molecule has 4 N–H and O–H groups in total. The molecule has 9 heteroatoms. The summed E-state index contributed by atoms with van der Waals surface area (Å²) < 4.78 is 36.5. The van der Waals surface area contributed by atoms with Crippen LogP contribution in [0.2, 0.25) is 0 Å². The molecular weight excluding hydrogens is 446 g/mol. The zero-order valence-electron chi connectivity index (χ0n) is 18.7. The molecule has 1 heterocycles. The first-order valence-corrected chi connectivity index (χ1v) is 11.1. The van der Waals surface area contributed by atoms with E-state index in [0.29, 0.717) is 29.6 Å². The van der Waals surface area contributed by atoms with E-state index in [1.54, 1.807) is 6.07 Å². The van der Waals surface area contributed by atoms with Gasteiger partial charge in [0, 0.05) is 24.6 Å². The highest BCUT2D eigenvalue weighted by Crippen LogP contribution is 2.41. The smallest absolute Gasteiger partial charge is 0.394 e. The van der Waals surface area contributed by atoms with Gasteiger partial charge >= 0.3 is 6.11 Å². The number of rotatable bonds is 5. The molecule has 1 fully saturated rings. The topological polar surface area (TPSA) is 100 Å². The molecule has 4 rings (SSSR count). The highest BCUT2D eigenvalue weighted by Gasteiger charge is 2.29. The van der Waals surface area contributed by atoms with Crippen molar-refractivity contribution < 1.29 is 33.3 Å². The molecule has 0 aromatic heterocycles. The third-order valence-corrected chi connectivity index (χ3v) is 5.81. The van der Waals surface area contributed by atoms with Crippen molar-refractivity contribution in [3.05, 3.63) is 41.5 Å². The van der Waals surface area contributed by atoms with Crippen LogP contribution in [0, 0.1) is 11.8 Å². The van der Waals surface area contributed by atoms with Gasteiger partial charge in [0.15, 0.2) is 6.10 Å². The SMILES string of the molecule is CC(F)(F)Oc1ccc2c(c1)NCC(C(=O)Nc1cc(O)c(C3CCCC3)cc1C#CCO)O2. The molecule has 180 valence electrons. The molecule has 2 aliphatic rings. The zero-order valence-corrected chi connectivity index (χ0v) is 18.7. The molecule has 1 saturated carbocycles. The summed E-state index contributed by atoms with van der Waals surface area (Å²) in [4.78, 5) is 12.9. The van der Waals surface area contributed by atoms with Crippen molar-refractivity contribution in [2.24, 2.45) is 0 Å². The van der Waals surface area contributed by atoms with Gasteiger partial charge in [-0.05, 0) is 42.5 Å². The molecule has 2 aromatic carbocycles. The van der Waals surface area contributed by atoms with Crippen LogP contribution in [-0.4, -0.2) is 41.5 Å². The summed E-state index contributed by atoms with van der Waals surface area (Å²) in [5.41, 5.74) is 2.03. The van der Waals surface area contributed by atoms with Crippen molar-refractivity contribution in [1.29, 1.82) is 0 Å². The van der Waals surface area contributed by atoms with E-state index in [4.69, 9.17) is 9.84 Å². The lowest BCUT2D eigenvalue weighted by Crippen LogP contribution is -2.41. The first kappa shape index (κ1) is 23.6. The number of hydrogen-bond donors (Lipinski definition) is 4. The normalized spacial score (nSPS) is 17.6. The van der Waals surface area contributed by atoms with Crippen molar-refractivity contribution in [2.75, 3.05) is 23.8 Å². The van der Waals surface area contributed by atoms with Gasteiger partial charge in [-0.3, -0.25) is 4.79 Å². The largest absolute Gasteiger partial charge is 0.508 e. The van der Waals surface area contributed by atoms with Gasteiger partial charge in [0.2, 0.25) is 0 Å². The molecular formula is C25H26F2N2O5. The van der Waals surface area contributed by atoms with E-state index < -0.39 is 18.1 Å². The molecule has 1 aliphatic heterocycles. The molecule has 1 unspecified atom stereocenters. The van der Waals surface area contributed by atoms with Crippen LogP contribution in [0.1, 0.15) is 49.7 Å². The van der Waals surface area contributed by atoms with E-state index in [1.165, 1.54) is 24.3 Å². The zero-order chi connectivity index (χ0) is 24.3. The lowest BCUT2D eigenvalue weighted by Gasteiger charge is -2.27. The maximum atomic E-state index is 13.1. The van der Waals surface area contributed by atoms with E-state index in [2.05, 4.69) is 27.2 Å². The number of aliphatic hydroxyl groups excluding tert-OH is 1.